The van der Waals surface area contributed by atoms with Gasteiger partial charge in [0, 0.05) is 12.8 Å². The van der Waals surface area contributed by atoms with Gasteiger partial charge in [0.15, 0.2) is 5.78 Å². The summed E-state index contributed by atoms with van der Waals surface area (Å²) in [4.78, 5) is 16.4. The minimum Gasteiger partial charge on any atom is -0.512 e. The van der Waals surface area contributed by atoms with Crippen LogP contribution in [0.5, 0.6) is 0 Å². The first-order chi connectivity index (χ1) is 9.13. The standard InChI is InChI=1S/C15H18N2O2/c1-2-13(18)15-12(8-5-9-14(15)19)17-11-7-4-3-6-10(11)16/h3-4,6-7,18H,2,5,8-9,16H2,1H3/b15-13-,17-12?. The van der Waals surface area contributed by atoms with Gasteiger partial charge in [-0.25, -0.2) is 0 Å². The molecule has 100 valence electrons. The van der Waals surface area contributed by atoms with Crippen molar-refractivity contribution in [3.8, 4) is 0 Å². The average Bonchev–Trinajstić information content (AvgIpc) is 2.41. The van der Waals surface area contributed by atoms with Crippen LogP contribution < -0.4 is 5.73 Å². The predicted octanol–water partition coefficient (Wildman–Crippen LogP) is 3.32. The molecule has 0 unspecified atom stereocenters. The Labute approximate surface area is 112 Å². The number of para-hydroxylation sites is 2. The van der Waals surface area contributed by atoms with E-state index in [1.807, 2.05) is 25.1 Å². The number of aliphatic hydroxyl groups excluding tert-OH is 1. The largest absolute Gasteiger partial charge is 0.512 e. The van der Waals surface area contributed by atoms with Crippen LogP contribution in [0.4, 0.5) is 11.4 Å². The Hall–Kier alpha value is -2.10. The molecule has 0 saturated heterocycles. The average molecular weight is 258 g/mol. The third-order valence-corrected chi connectivity index (χ3v) is 3.20. The summed E-state index contributed by atoms with van der Waals surface area (Å²) in [5.41, 5.74) is 8.11. The lowest BCUT2D eigenvalue weighted by Crippen LogP contribution is -2.21. The molecule has 1 fully saturated rings. The number of Topliss-reactive ketones (excluding diaryl/α,β-unsaturated/α-hetero) is 1. The van der Waals surface area contributed by atoms with Gasteiger partial charge >= 0.3 is 0 Å². The van der Waals surface area contributed by atoms with Gasteiger partial charge in [-0.05, 0) is 25.0 Å². The molecule has 1 aliphatic carbocycles. The van der Waals surface area contributed by atoms with Crippen molar-refractivity contribution in [2.75, 3.05) is 5.73 Å². The van der Waals surface area contributed by atoms with E-state index in [9.17, 15) is 9.90 Å². The number of benzene rings is 1. The lowest BCUT2D eigenvalue weighted by molar-refractivity contribution is -0.115. The number of nitrogens with two attached hydrogens (primary N) is 1. The Morgan fingerprint density at radius 2 is 2.11 bits per heavy atom. The molecule has 19 heavy (non-hydrogen) atoms. The summed E-state index contributed by atoms with van der Waals surface area (Å²) < 4.78 is 0. The number of aliphatic imine (C=N–C) groups is 1. The number of hydrogen-bond acceptors (Lipinski definition) is 4. The minimum absolute atomic E-state index is 0.0288. The van der Waals surface area contributed by atoms with Crippen molar-refractivity contribution < 1.29 is 9.90 Å². The molecule has 4 nitrogen and oxygen atoms in total. The van der Waals surface area contributed by atoms with Gasteiger partial charge < -0.3 is 10.8 Å². The molecule has 1 aliphatic rings. The SMILES string of the molecule is CC/C(O)=C1/C(=O)CCCC1=Nc1ccccc1N. The van der Waals surface area contributed by atoms with Gasteiger partial charge in [0.2, 0.25) is 0 Å². The molecule has 2 rings (SSSR count). The summed E-state index contributed by atoms with van der Waals surface area (Å²) in [6, 6.07) is 7.27. The van der Waals surface area contributed by atoms with Gasteiger partial charge in [0.05, 0.1) is 22.7 Å². The van der Waals surface area contributed by atoms with Crippen LogP contribution in [-0.2, 0) is 4.79 Å². The summed E-state index contributed by atoms with van der Waals surface area (Å²) in [7, 11) is 0. The number of nitrogens with zero attached hydrogens (tertiary/aromatic N) is 1. The summed E-state index contributed by atoms with van der Waals surface area (Å²) in [5, 5.41) is 9.92. The third-order valence-electron chi connectivity index (χ3n) is 3.20. The molecule has 0 atom stereocenters. The smallest absolute Gasteiger partial charge is 0.168 e. The van der Waals surface area contributed by atoms with Gasteiger partial charge in [-0.2, -0.15) is 0 Å². The van der Waals surface area contributed by atoms with Crippen LogP contribution in [-0.4, -0.2) is 16.6 Å². The van der Waals surface area contributed by atoms with E-state index in [0.717, 1.165) is 6.42 Å². The molecule has 0 heterocycles. The van der Waals surface area contributed by atoms with Crippen LogP contribution in [0, 0.1) is 0 Å². The van der Waals surface area contributed by atoms with Crippen molar-refractivity contribution in [2.45, 2.75) is 32.6 Å². The topological polar surface area (TPSA) is 75.7 Å². The molecule has 3 N–H and O–H groups in total. The van der Waals surface area contributed by atoms with Crippen LogP contribution >= 0.6 is 0 Å². The first kappa shape index (κ1) is 13.3. The Morgan fingerprint density at radius 3 is 2.79 bits per heavy atom. The number of allylic oxidation sites excluding steroid dienone is 2. The maximum atomic E-state index is 12.0. The fraction of sp³-hybridized carbons (Fsp3) is 0.333. The molecule has 0 radical (unpaired) electrons. The molecular formula is C15H18N2O2. The van der Waals surface area contributed by atoms with Crippen molar-refractivity contribution in [3.05, 3.63) is 35.6 Å². The van der Waals surface area contributed by atoms with E-state index in [2.05, 4.69) is 4.99 Å². The van der Waals surface area contributed by atoms with Crippen molar-refractivity contribution >= 4 is 22.9 Å². The zero-order valence-electron chi connectivity index (χ0n) is 11.0. The fourth-order valence-corrected chi connectivity index (χ4v) is 2.18. The van der Waals surface area contributed by atoms with Gasteiger partial charge in [-0.1, -0.05) is 19.1 Å². The van der Waals surface area contributed by atoms with E-state index in [1.54, 1.807) is 6.07 Å². The van der Waals surface area contributed by atoms with Crippen molar-refractivity contribution in [2.24, 2.45) is 4.99 Å². The number of hydrogen-bond donors (Lipinski definition) is 2. The second kappa shape index (κ2) is 5.69. The molecule has 0 bridgehead atoms. The summed E-state index contributed by atoms with van der Waals surface area (Å²) >= 11 is 0. The van der Waals surface area contributed by atoms with E-state index < -0.39 is 0 Å². The lowest BCUT2D eigenvalue weighted by atomic mass is 9.90. The highest BCUT2D eigenvalue weighted by atomic mass is 16.3. The summed E-state index contributed by atoms with van der Waals surface area (Å²) in [6.07, 6.45) is 2.37. The minimum atomic E-state index is -0.0288. The van der Waals surface area contributed by atoms with E-state index in [0.29, 0.717) is 41.9 Å². The van der Waals surface area contributed by atoms with Gasteiger partial charge in [0.1, 0.15) is 5.76 Å². The summed E-state index contributed by atoms with van der Waals surface area (Å²) in [6.45, 7) is 1.82. The number of aliphatic hydroxyl groups is 1. The summed E-state index contributed by atoms with van der Waals surface area (Å²) in [5.74, 6) is 0.0943. The normalized spacial score (nSPS) is 20.7. The molecule has 0 aliphatic heterocycles. The van der Waals surface area contributed by atoms with Gasteiger partial charge in [-0.15, -0.1) is 0 Å². The van der Waals surface area contributed by atoms with Crippen LogP contribution in [0.2, 0.25) is 0 Å². The number of ketones is 1. The van der Waals surface area contributed by atoms with Gasteiger partial charge in [-0.3, -0.25) is 9.79 Å². The lowest BCUT2D eigenvalue weighted by Gasteiger charge is -2.17. The molecule has 1 aromatic carbocycles. The third kappa shape index (κ3) is 2.84. The molecule has 1 aromatic rings. The van der Waals surface area contributed by atoms with E-state index >= 15 is 0 Å². The van der Waals surface area contributed by atoms with Gasteiger partial charge in [0.25, 0.3) is 0 Å². The highest BCUT2D eigenvalue weighted by Gasteiger charge is 2.24. The van der Waals surface area contributed by atoms with E-state index in [1.165, 1.54) is 0 Å². The number of anilines is 1. The molecule has 1 saturated carbocycles. The highest BCUT2D eigenvalue weighted by Crippen LogP contribution is 2.27. The van der Waals surface area contributed by atoms with E-state index in [4.69, 9.17) is 5.73 Å². The van der Waals surface area contributed by atoms with E-state index in [-0.39, 0.29) is 11.5 Å². The first-order valence-electron chi connectivity index (χ1n) is 6.51. The second-order valence-corrected chi connectivity index (χ2v) is 4.57. The Balaban J connectivity index is 2.47. The van der Waals surface area contributed by atoms with Crippen LogP contribution in [0.25, 0.3) is 0 Å². The molecular weight excluding hydrogens is 240 g/mol. The molecule has 0 amide bonds. The van der Waals surface area contributed by atoms with Crippen molar-refractivity contribution in [3.63, 3.8) is 0 Å². The van der Waals surface area contributed by atoms with Crippen molar-refractivity contribution in [1.82, 2.24) is 0 Å². The first-order valence-corrected chi connectivity index (χ1v) is 6.51. The maximum Gasteiger partial charge on any atom is 0.168 e. The number of nitrogen functional groups attached to an aromatic ring is 1. The number of rotatable bonds is 2. The molecule has 0 spiro atoms. The fourth-order valence-electron chi connectivity index (χ4n) is 2.18. The van der Waals surface area contributed by atoms with Crippen LogP contribution in [0.15, 0.2) is 40.6 Å². The predicted molar refractivity (Wildman–Crippen MR) is 76.8 cm³/mol. The molecule has 0 aromatic heterocycles. The zero-order chi connectivity index (χ0) is 13.8. The highest BCUT2D eigenvalue weighted by molar-refractivity contribution is 6.24. The maximum absolute atomic E-state index is 12.0. The second-order valence-electron chi connectivity index (χ2n) is 4.57. The quantitative estimate of drug-likeness (QED) is 0.485. The van der Waals surface area contributed by atoms with Crippen LogP contribution in [0.3, 0.4) is 0 Å². The zero-order valence-corrected chi connectivity index (χ0v) is 11.0. The molecule has 4 heteroatoms. The Morgan fingerprint density at radius 1 is 1.37 bits per heavy atom. The Kier molecular flexibility index (Phi) is 4.00. The monoisotopic (exact) mass is 258 g/mol. The Bertz CT molecular complexity index is 559. The number of carbonyl (C=O) groups excluding carboxylic acids is 1. The number of carbonyl (C=O) groups is 1. The van der Waals surface area contributed by atoms with Crippen molar-refractivity contribution in [1.29, 1.82) is 0 Å². The van der Waals surface area contributed by atoms with Crippen LogP contribution in [0.1, 0.15) is 32.6 Å².